The second-order valence-corrected chi connectivity index (χ2v) is 5.01. The van der Waals surface area contributed by atoms with Gasteiger partial charge in [0, 0.05) is 10.7 Å². The van der Waals surface area contributed by atoms with Crippen molar-refractivity contribution in [3.8, 4) is 11.5 Å². The van der Waals surface area contributed by atoms with Crippen molar-refractivity contribution < 1.29 is 9.47 Å². The monoisotopic (exact) mass is 291 g/mol. The number of halogens is 1. The summed E-state index contributed by atoms with van der Waals surface area (Å²) < 4.78 is 11.2. The average Bonchev–Trinajstić information content (AvgIpc) is 2.43. The average molecular weight is 292 g/mol. The summed E-state index contributed by atoms with van der Waals surface area (Å²) in [5, 5.41) is 0.787. The van der Waals surface area contributed by atoms with Crippen molar-refractivity contribution in [3.05, 3.63) is 52.5 Å². The number of ether oxygens (including phenoxy) is 2. The van der Waals surface area contributed by atoms with Crippen molar-refractivity contribution >= 4 is 17.3 Å². The van der Waals surface area contributed by atoms with Crippen LogP contribution >= 0.6 is 11.6 Å². The number of hydrogen-bond donors (Lipinski definition) is 1. The second-order valence-electron chi connectivity index (χ2n) is 4.64. The lowest BCUT2D eigenvalue weighted by molar-refractivity contribution is 0.217. The Morgan fingerprint density at radius 3 is 1.95 bits per heavy atom. The first-order valence-corrected chi connectivity index (χ1v) is 6.82. The molecule has 0 fully saturated rings. The maximum absolute atomic E-state index is 6.11. The highest BCUT2D eigenvalue weighted by Crippen LogP contribution is 2.25. The van der Waals surface area contributed by atoms with E-state index in [1.54, 1.807) is 0 Å². The number of hydrogen-bond acceptors (Lipinski definition) is 3. The zero-order valence-corrected chi connectivity index (χ0v) is 12.4. The Balaban J connectivity index is 1.83. The topological polar surface area (TPSA) is 44.5 Å². The second kappa shape index (κ2) is 6.53. The van der Waals surface area contributed by atoms with Crippen LogP contribution in [0.4, 0.5) is 5.69 Å². The number of benzene rings is 2. The van der Waals surface area contributed by atoms with E-state index < -0.39 is 0 Å². The molecule has 20 heavy (non-hydrogen) atoms. The maximum atomic E-state index is 6.11. The summed E-state index contributed by atoms with van der Waals surface area (Å²) in [5.74, 6) is 1.59. The summed E-state index contributed by atoms with van der Waals surface area (Å²) >= 11 is 6.11. The molecule has 0 atom stereocenters. The van der Waals surface area contributed by atoms with Crippen LogP contribution in [0.15, 0.2) is 36.4 Å². The van der Waals surface area contributed by atoms with Gasteiger partial charge < -0.3 is 15.2 Å². The molecule has 0 radical (unpaired) electrons. The predicted octanol–water partition coefficient (Wildman–Crippen LogP) is 4.00. The van der Waals surface area contributed by atoms with Gasteiger partial charge in [0.05, 0.1) is 0 Å². The molecular formula is C16H18ClNO2. The molecule has 0 saturated carbocycles. The Labute approximate surface area is 124 Å². The Bertz CT molecular complexity index is 559. The molecule has 3 nitrogen and oxygen atoms in total. The molecule has 106 valence electrons. The van der Waals surface area contributed by atoms with Crippen molar-refractivity contribution in [1.82, 2.24) is 0 Å². The van der Waals surface area contributed by atoms with Gasteiger partial charge in [0.1, 0.15) is 24.7 Å². The van der Waals surface area contributed by atoms with Gasteiger partial charge in [0.2, 0.25) is 0 Å². The first-order valence-electron chi connectivity index (χ1n) is 6.44. The molecule has 0 spiro atoms. The molecule has 2 aromatic carbocycles. The van der Waals surface area contributed by atoms with Gasteiger partial charge in [-0.1, -0.05) is 11.6 Å². The van der Waals surface area contributed by atoms with E-state index >= 15 is 0 Å². The molecule has 0 saturated heterocycles. The van der Waals surface area contributed by atoms with E-state index in [-0.39, 0.29) is 0 Å². The summed E-state index contributed by atoms with van der Waals surface area (Å²) in [7, 11) is 0. The van der Waals surface area contributed by atoms with Crippen LogP contribution < -0.4 is 15.2 Å². The van der Waals surface area contributed by atoms with Gasteiger partial charge in [-0.25, -0.2) is 0 Å². The molecule has 0 bridgehead atoms. The molecule has 0 amide bonds. The lowest BCUT2D eigenvalue weighted by Gasteiger charge is -2.11. The van der Waals surface area contributed by atoms with Gasteiger partial charge in [-0.2, -0.15) is 0 Å². The Hall–Kier alpha value is -1.87. The van der Waals surface area contributed by atoms with Gasteiger partial charge in [-0.05, 0) is 61.4 Å². The quantitative estimate of drug-likeness (QED) is 0.669. The van der Waals surface area contributed by atoms with E-state index in [2.05, 4.69) is 0 Å². The fourth-order valence-electron chi connectivity index (χ4n) is 1.87. The molecule has 0 unspecified atom stereocenters. The normalized spacial score (nSPS) is 10.3. The Morgan fingerprint density at radius 1 is 0.900 bits per heavy atom. The molecular weight excluding hydrogens is 274 g/mol. The van der Waals surface area contributed by atoms with Crippen molar-refractivity contribution in [1.29, 1.82) is 0 Å². The number of anilines is 1. The van der Waals surface area contributed by atoms with Gasteiger partial charge in [-0.3, -0.25) is 0 Å². The molecule has 0 aliphatic rings. The van der Waals surface area contributed by atoms with Gasteiger partial charge in [-0.15, -0.1) is 0 Å². The van der Waals surface area contributed by atoms with Crippen LogP contribution in [0.5, 0.6) is 11.5 Å². The van der Waals surface area contributed by atoms with Crippen LogP contribution in [-0.4, -0.2) is 13.2 Å². The molecule has 0 aromatic heterocycles. The third kappa shape index (κ3) is 3.81. The molecule has 2 N–H and O–H groups in total. The lowest BCUT2D eigenvalue weighted by atomic mass is 10.1. The zero-order valence-electron chi connectivity index (χ0n) is 11.7. The van der Waals surface area contributed by atoms with E-state index in [0.717, 1.165) is 33.3 Å². The summed E-state index contributed by atoms with van der Waals surface area (Å²) in [6, 6.07) is 11.2. The Morgan fingerprint density at radius 2 is 1.40 bits per heavy atom. The van der Waals surface area contributed by atoms with Crippen LogP contribution in [0.1, 0.15) is 11.1 Å². The summed E-state index contributed by atoms with van der Waals surface area (Å²) in [6.07, 6.45) is 0. The molecule has 2 rings (SSSR count). The highest BCUT2D eigenvalue weighted by Gasteiger charge is 2.03. The summed E-state index contributed by atoms with van der Waals surface area (Å²) in [6.45, 7) is 4.88. The third-order valence-corrected chi connectivity index (χ3v) is 3.51. The molecule has 0 aliphatic carbocycles. The fraction of sp³-hybridized carbons (Fsp3) is 0.250. The first-order chi connectivity index (χ1) is 9.56. The van der Waals surface area contributed by atoms with Gasteiger partial charge in [0.25, 0.3) is 0 Å². The van der Waals surface area contributed by atoms with E-state index in [0.29, 0.717) is 13.2 Å². The van der Waals surface area contributed by atoms with Gasteiger partial charge in [0.15, 0.2) is 0 Å². The minimum atomic E-state index is 0.477. The van der Waals surface area contributed by atoms with Crippen LogP contribution in [0, 0.1) is 13.8 Å². The maximum Gasteiger partial charge on any atom is 0.122 e. The van der Waals surface area contributed by atoms with Gasteiger partial charge >= 0.3 is 0 Å². The molecule has 2 aromatic rings. The fourth-order valence-corrected chi connectivity index (χ4v) is 1.98. The van der Waals surface area contributed by atoms with Crippen LogP contribution in [0.3, 0.4) is 0 Å². The van der Waals surface area contributed by atoms with Crippen molar-refractivity contribution in [2.45, 2.75) is 13.8 Å². The summed E-state index contributed by atoms with van der Waals surface area (Å²) in [4.78, 5) is 0. The number of nitrogen functional groups attached to an aromatic ring is 1. The van der Waals surface area contributed by atoms with Crippen molar-refractivity contribution in [2.75, 3.05) is 18.9 Å². The van der Waals surface area contributed by atoms with Crippen LogP contribution in [0.25, 0.3) is 0 Å². The Kier molecular flexibility index (Phi) is 4.74. The van der Waals surface area contributed by atoms with E-state index in [1.165, 1.54) is 0 Å². The molecule has 0 heterocycles. The largest absolute Gasteiger partial charge is 0.490 e. The first kappa shape index (κ1) is 14.5. The van der Waals surface area contributed by atoms with Crippen molar-refractivity contribution in [2.24, 2.45) is 0 Å². The van der Waals surface area contributed by atoms with E-state index in [9.17, 15) is 0 Å². The third-order valence-electron chi connectivity index (χ3n) is 2.91. The highest BCUT2D eigenvalue weighted by atomic mass is 35.5. The number of rotatable bonds is 5. The predicted molar refractivity (Wildman–Crippen MR) is 82.8 cm³/mol. The summed E-state index contributed by atoms with van der Waals surface area (Å²) in [5.41, 5.74) is 8.36. The minimum Gasteiger partial charge on any atom is -0.490 e. The van der Waals surface area contributed by atoms with E-state index in [1.807, 2.05) is 50.2 Å². The lowest BCUT2D eigenvalue weighted by Crippen LogP contribution is -2.09. The minimum absolute atomic E-state index is 0.477. The van der Waals surface area contributed by atoms with Crippen LogP contribution in [0.2, 0.25) is 5.02 Å². The van der Waals surface area contributed by atoms with Crippen molar-refractivity contribution in [3.63, 3.8) is 0 Å². The SMILES string of the molecule is Cc1cc(OCCOc2ccc(N)cc2)cc(C)c1Cl. The smallest absolute Gasteiger partial charge is 0.122 e. The molecule has 4 heteroatoms. The van der Waals surface area contributed by atoms with Crippen LogP contribution in [-0.2, 0) is 0 Å². The number of aryl methyl sites for hydroxylation is 2. The number of nitrogens with two attached hydrogens (primary N) is 1. The van der Waals surface area contributed by atoms with E-state index in [4.69, 9.17) is 26.8 Å². The standard InChI is InChI=1S/C16H18ClNO2/c1-11-9-15(10-12(2)16(11)17)20-8-7-19-14-5-3-13(18)4-6-14/h3-6,9-10H,7-8,18H2,1-2H3. The zero-order chi connectivity index (χ0) is 14.5. The molecule has 0 aliphatic heterocycles. The highest BCUT2D eigenvalue weighted by molar-refractivity contribution is 6.32.